The molecule has 0 aromatic carbocycles. The lowest BCUT2D eigenvalue weighted by Crippen LogP contribution is -2.35. The van der Waals surface area contributed by atoms with Gasteiger partial charge in [0.05, 0.1) is 18.4 Å². The van der Waals surface area contributed by atoms with Crippen LogP contribution in [0, 0.1) is 0 Å². The summed E-state index contributed by atoms with van der Waals surface area (Å²) in [6.45, 7) is 2.00. The molecule has 138 valence electrons. The average molecular weight is 429 g/mol. The zero-order valence-corrected chi connectivity index (χ0v) is 16.2. The van der Waals surface area contributed by atoms with Crippen LogP contribution in [0.25, 0.3) is 11.4 Å². The molecule has 9 heteroatoms. The first-order valence-corrected chi connectivity index (χ1v) is 9.21. The van der Waals surface area contributed by atoms with Gasteiger partial charge in [0.2, 0.25) is 5.88 Å². The first-order valence-electron chi connectivity index (χ1n) is 8.42. The second-order valence-corrected chi connectivity index (χ2v) is 7.17. The molecule has 1 N–H and O–H groups in total. The SMILES string of the molecule is COc1ncc(Br)cc1CN1CCc2c(nc(-c3cncnc3)[nH]c2=O)C1. The monoisotopic (exact) mass is 428 g/mol. The van der Waals surface area contributed by atoms with Crippen molar-refractivity contribution >= 4 is 15.9 Å². The predicted octanol–water partition coefficient (Wildman–Crippen LogP) is 1.95. The molecule has 0 radical (unpaired) electrons. The van der Waals surface area contributed by atoms with Crippen LogP contribution < -0.4 is 10.3 Å². The van der Waals surface area contributed by atoms with Gasteiger partial charge in [-0.1, -0.05) is 0 Å². The fraction of sp³-hybridized carbons (Fsp3) is 0.278. The standard InChI is InChI=1S/C18H17BrN6O2/c1-27-18-11(4-13(19)7-22-18)8-25-3-2-14-15(9-25)23-16(24-17(14)26)12-5-20-10-21-6-12/h4-7,10H,2-3,8-9H2,1H3,(H,23,24,26). The van der Waals surface area contributed by atoms with Crippen molar-refractivity contribution < 1.29 is 4.74 Å². The lowest BCUT2D eigenvalue weighted by Gasteiger charge is -2.28. The van der Waals surface area contributed by atoms with Crippen molar-refractivity contribution in [3.05, 3.63) is 62.6 Å². The van der Waals surface area contributed by atoms with Gasteiger partial charge < -0.3 is 9.72 Å². The smallest absolute Gasteiger partial charge is 0.254 e. The Morgan fingerprint density at radius 3 is 2.89 bits per heavy atom. The van der Waals surface area contributed by atoms with Crippen LogP contribution in [0.3, 0.4) is 0 Å². The van der Waals surface area contributed by atoms with Gasteiger partial charge >= 0.3 is 0 Å². The molecule has 0 atom stereocenters. The Labute approximate surface area is 163 Å². The number of rotatable bonds is 4. The summed E-state index contributed by atoms with van der Waals surface area (Å²) in [5, 5.41) is 0. The van der Waals surface area contributed by atoms with Crippen LogP contribution in [-0.4, -0.2) is 43.5 Å². The summed E-state index contributed by atoms with van der Waals surface area (Å²) in [6, 6.07) is 2.00. The van der Waals surface area contributed by atoms with Crippen molar-refractivity contribution in [1.29, 1.82) is 0 Å². The molecule has 0 saturated carbocycles. The van der Waals surface area contributed by atoms with Gasteiger partial charge in [-0.25, -0.2) is 19.9 Å². The molecule has 3 aromatic rings. The minimum Gasteiger partial charge on any atom is -0.481 e. The molecule has 0 bridgehead atoms. The fourth-order valence-corrected chi connectivity index (χ4v) is 3.57. The number of ether oxygens (including phenoxy) is 1. The molecular weight excluding hydrogens is 412 g/mol. The minimum atomic E-state index is -0.0970. The number of halogens is 1. The van der Waals surface area contributed by atoms with Crippen molar-refractivity contribution in [1.82, 2.24) is 29.8 Å². The van der Waals surface area contributed by atoms with E-state index in [1.165, 1.54) is 6.33 Å². The van der Waals surface area contributed by atoms with E-state index in [0.29, 0.717) is 36.8 Å². The number of hydrogen-bond acceptors (Lipinski definition) is 7. The van der Waals surface area contributed by atoms with Crippen molar-refractivity contribution in [2.75, 3.05) is 13.7 Å². The highest BCUT2D eigenvalue weighted by Crippen LogP contribution is 2.24. The van der Waals surface area contributed by atoms with E-state index in [0.717, 1.165) is 27.8 Å². The Kier molecular flexibility index (Phi) is 4.95. The topological polar surface area (TPSA) is 96.9 Å². The summed E-state index contributed by atoms with van der Waals surface area (Å²) in [5.74, 6) is 1.09. The summed E-state index contributed by atoms with van der Waals surface area (Å²) in [5.41, 5.74) is 3.10. The molecule has 0 spiro atoms. The molecule has 0 unspecified atom stereocenters. The molecule has 0 amide bonds. The molecule has 8 nitrogen and oxygen atoms in total. The molecule has 1 aliphatic heterocycles. The zero-order valence-electron chi connectivity index (χ0n) is 14.6. The number of fused-ring (bicyclic) bond motifs is 1. The lowest BCUT2D eigenvalue weighted by molar-refractivity contribution is 0.236. The van der Waals surface area contributed by atoms with Gasteiger partial charge in [0.15, 0.2) is 0 Å². The van der Waals surface area contributed by atoms with Gasteiger partial charge in [0, 0.05) is 53.8 Å². The van der Waals surface area contributed by atoms with Gasteiger partial charge in [-0.05, 0) is 28.4 Å². The predicted molar refractivity (Wildman–Crippen MR) is 102 cm³/mol. The van der Waals surface area contributed by atoms with E-state index in [1.54, 1.807) is 25.7 Å². The largest absolute Gasteiger partial charge is 0.481 e. The zero-order chi connectivity index (χ0) is 18.8. The molecule has 0 saturated heterocycles. The van der Waals surface area contributed by atoms with E-state index < -0.39 is 0 Å². The highest BCUT2D eigenvalue weighted by atomic mass is 79.9. The van der Waals surface area contributed by atoms with Gasteiger partial charge in [-0.3, -0.25) is 9.69 Å². The Balaban J connectivity index is 1.62. The number of hydrogen-bond donors (Lipinski definition) is 1. The lowest BCUT2D eigenvalue weighted by atomic mass is 10.1. The first kappa shape index (κ1) is 17.7. The summed E-state index contributed by atoms with van der Waals surface area (Å²) in [4.78, 5) is 34.5. The molecule has 3 aromatic heterocycles. The Morgan fingerprint density at radius 1 is 1.30 bits per heavy atom. The number of methoxy groups -OCH3 is 1. The number of aromatic amines is 1. The third-order valence-electron chi connectivity index (χ3n) is 4.47. The number of H-pyrrole nitrogens is 1. The van der Waals surface area contributed by atoms with Crippen molar-refractivity contribution in [2.45, 2.75) is 19.5 Å². The molecule has 0 aliphatic carbocycles. The Bertz CT molecular complexity index is 1020. The summed E-state index contributed by atoms with van der Waals surface area (Å²) < 4.78 is 6.26. The maximum Gasteiger partial charge on any atom is 0.254 e. The van der Waals surface area contributed by atoms with Crippen LogP contribution in [0.4, 0.5) is 0 Å². The van der Waals surface area contributed by atoms with E-state index in [1.807, 2.05) is 6.07 Å². The Morgan fingerprint density at radius 2 is 2.11 bits per heavy atom. The minimum absolute atomic E-state index is 0.0970. The quantitative estimate of drug-likeness (QED) is 0.677. The average Bonchev–Trinajstić information content (AvgIpc) is 2.68. The van der Waals surface area contributed by atoms with Crippen LogP contribution in [0.5, 0.6) is 5.88 Å². The van der Waals surface area contributed by atoms with Crippen LogP contribution >= 0.6 is 15.9 Å². The summed E-state index contributed by atoms with van der Waals surface area (Å²) in [6.07, 6.45) is 7.07. The maximum atomic E-state index is 12.5. The third-order valence-corrected chi connectivity index (χ3v) is 4.90. The number of nitrogens with one attached hydrogen (secondary N) is 1. The molecule has 4 rings (SSSR count). The number of aromatic nitrogens is 5. The van der Waals surface area contributed by atoms with Crippen molar-refractivity contribution in [2.24, 2.45) is 0 Å². The third kappa shape index (κ3) is 3.74. The van der Waals surface area contributed by atoms with Gasteiger partial charge in [-0.2, -0.15) is 0 Å². The highest BCUT2D eigenvalue weighted by molar-refractivity contribution is 9.10. The van der Waals surface area contributed by atoms with E-state index in [4.69, 9.17) is 4.74 Å². The maximum absolute atomic E-state index is 12.5. The summed E-state index contributed by atoms with van der Waals surface area (Å²) in [7, 11) is 1.61. The van der Waals surface area contributed by atoms with E-state index >= 15 is 0 Å². The van der Waals surface area contributed by atoms with Crippen LogP contribution in [-0.2, 0) is 19.5 Å². The van der Waals surface area contributed by atoms with Gasteiger partial charge in [-0.15, -0.1) is 0 Å². The summed E-state index contributed by atoms with van der Waals surface area (Å²) >= 11 is 3.45. The first-order chi connectivity index (χ1) is 13.1. The van der Waals surface area contributed by atoms with Crippen molar-refractivity contribution in [3.63, 3.8) is 0 Å². The number of nitrogens with zero attached hydrogens (tertiary/aromatic N) is 5. The number of pyridine rings is 1. The molecule has 4 heterocycles. The van der Waals surface area contributed by atoms with E-state index in [-0.39, 0.29) is 5.56 Å². The van der Waals surface area contributed by atoms with E-state index in [9.17, 15) is 4.79 Å². The van der Waals surface area contributed by atoms with Crippen LogP contribution in [0.1, 0.15) is 16.8 Å². The molecular formula is C18H17BrN6O2. The van der Waals surface area contributed by atoms with Gasteiger partial charge in [0.1, 0.15) is 12.2 Å². The molecule has 0 fully saturated rings. The van der Waals surface area contributed by atoms with Crippen molar-refractivity contribution in [3.8, 4) is 17.3 Å². The highest BCUT2D eigenvalue weighted by Gasteiger charge is 2.22. The Hall–Kier alpha value is -2.65. The second kappa shape index (κ2) is 7.53. The second-order valence-electron chi connectivity index (χ2n) is 6.25. The fourth-order valence-electron chi connectivity index (χ4n) is 3.19. The van der Waals surface area contributed by atoms with Crippen LogP contribution in [0.2, 0.25) is 0 Å². The van der Waals surface area contributed by atoms with Gasteiger partial charge in [0.25, 0.3) is 5.56 Å². The molecule has 27 heavy (non-hydrogen) atoms. The van der Waals surface area contributed by atoms with E-state index in [2.05, 4.69) is 45.7 Å². The normalized spacial score (nSPS) is 14.0. The van der Waals surface area contributed by atoms with Crippen LogP contribution in [0.15, 0.2) is 40.3 Å². The molecule has 1 aliphatic rings.